The Balaban J connectivity index is 2.88. The second-order valence-electron chi connectivity index (χ2n) is 4.48. The minimum Gasteiger partial charge on any atom is -0.387 e. The minimum atomic E-state index is -0.785. The number of rotatable bonds is 7. The van der Waals surface area contributed by atoms with Crippen LogP contribution in [0.25, 0.3) is 0 Å². The number of ether oxygens (including phenoxy) is 1. The van der Waals surface area contributed by atoms with E-state index in [9.17, 15) is 5.11 Å². The Morgan fingerprint density at radius 2 is 2.12 bits per heavy atom. The predicted molar refractivity (Wildman–Crippen MR) is 68.1 cm³/mol. The highest BCUT2D eigenvalue weighted by Crippen LogP contribution is 2.19. The van der Waals surface area contributed by atoms with E-state index in [1.807, 2.05) is 11.6 Å². The first-order valence-corrected chi connectivity index (χ1v) is 6.35. The smallest absolute Gasteiger partial charge is 0.0932 e. The largest absolute Gasteiger partial charge is 0.387 e. The molecular weight excluding hydrogens is 216 g/mol. The fourth-order valence-electron chi connectivity index (χ4n) is 1.99. The zero-order chi connectivity index (χ0) is 12.9. The Morgan fingerprint density at radius 3 is 2.59 bits per heavy atom. The summed E-state index contributed by atoms with van der Waals surface area (Å²) in [6.07, 6.45) is 2.20. The number of aryl methyl sites for hydroxylation is 2. The topological polar surface area (TPSA) is 47.3 Å². The molecule has 0 spiro atoms. The van der Waals surface area contributed by atoms with Gasteiger partial charge in [-0.15, -0.1) is 0 Å². The summed E-state index contributed by atoms with van der Waals surface area (Å²) in [5.74, 6) is 0. The van der Waals surface area contributed by atoms with Gasteiger partial charge in [0.1, 0.15) is 0 Å². The van der Waals surface area contributed by atoms with Gasteiger partial charge >= 0.3 is 0 Å². The molecule has 0 aliphatic heterocycles. The van der Waals surface area contributed by atoms with Crippen LogP contribution >= 0.6 is 0 Å². The lowest BCUT2D eigenvalue weighted by Gasteiger charge is -2.25. The second-order valence-corrected chi connectivity index (χ2v) is 4.48. The van der Waals surface area contributed by atoms with Gasteiger partial charge in [0.15, 0.2) is 0 Å². The van der Waals surface area contributed by atoms with Crippen LogP contribution in [0, 0.1) is 0 Å². The number of aromatic nitrogens is 2. The maximum atomic E-state index is 10.4. The summed E-state index contributed by atoms with van der Waals surface area (Å²) >= 11 is 0. The van der Waals surface area contributed by atoms with E-state index in [0.717, 1.165) is 24.4 Å². The van der Waals surface area contributed by atoms with E-state index in [0.29, 0.717) is 19.4 Å². The SMILES string of the molecule is CCc1cc(CC(O)(CC)COC)n(CC)n1. The van der Waals surface area contributed by atoms with Crippen molar-refractivity contribution in [3.05, 3.63) is 17.5 Å². The third-order valence-electron chi connectivity index (χ3n) is 3.16. The van der Waals surface area contributed by atoms with Gasteiger partial charge in [-0.3, -0.25) is 4.68 Å². The molecule has 17 heavy (non-hydrogen) atoms. The molecule has 1 atom stereocenters. The highest BCUT2D eigenvalue weighted by atomic mass is 16.5. The highest BCUT2D eigenvalue weighted by Gasteiger charge is 2.27. The van der Waals surface area contributed by atoms with Gasteiger partial charge in [0.2, 0.25) is 0 Å². The van der Waals surface area contributed by atoms with Crippen molar-refractivity contribution < 1.29 is 9.84 Å². The molecule has 0 aromatic carbocycles. The fourth-order valence-corrected chi connectivity index (χ4v) is 1.99. The Labute approximate surface area is 104 Å². The first-order valence-electron chi connectivity index (χ1n) is 6.35. The van der Waals surface area contributed by atoms with Gasteiger partial charge in [-0.2, -0.15) is 5.10 Å². The number of nitrogens with zero attached hydrogens (tertiary/aromatic N) is 2. The molecule has 4 heteroatoms. The Morgan fingerprint density at radius 1 is 1.41 bits per heavy atom. The second kappa shape index (κ2) is 6.17. The monoisotopic (exact) mass is 240 g/mol. The molecule has 0 fully saturated rings. The van der Waals surface area contributed by atoms with Crippen LogP contribution in [-0.2, 0) is 24.1 Å². The molecule has 1 rings (SSSR count). The highest BCUT2D eigenvalue weighted by molar-refractivity contribution is 5.13. The number of aliphatic hydroxyl groups is 1. The van der Waals surface area contributed by atoms with Crippen molar-refractivity contribution in [1.29, 1.82) is 0 Å². The normalized spacial score (nSPS) is 14.9. The maximum absolute atomic E-state index is 10.4. The average molecular weight is 240 g/mol. The fraction of sp³-hybridized carbons (Fsp3) is 0.769. The lowest BCUT2D eigenvalue weighted by atomic mass is 9.95. The molecule has 0 aliphatic carbocycles. The van der Waals surface area contributed by atoms with E-state index < -0.39 is 5.60 Å². The van der Waals surface area contributed by atoms with Gasteiger partial charge in [-0.05, 0) is 25.8 Å². The van der Waals surface area contributed by atoms with Crippen molar-refractivity contribution >= 4 is 0 Å². The lowest BCUT2D eigenvalue weighted by molar-refractivity contribution is -0.0345. The van der Waals surface area contributed by atoms with Crippen LogP contribution in [0.5, 0.6) is 0 Å². The van der Waals surface area contributed by atoms with Gasteiger partial charge in [0.05, 0.1) is 17.9 Å². The van der Waals surface area contributed by atoms with Gasteiger partial charge in [-0.25, -0.2) is 0 Å². The zero-order valence-corrected chi connectivity index (χ0v) is 11.4. The Hall–Kier alpha value is -0.870. The molecule has 1 unspecified atom stereocenters. The van der Waals surface area contributed by atoms with Crippen LogP contribution in [0.3, 0.4) is 0 Å². The Kier molecular flexibility index (Phi) is 5.15. The van der Waals surface area contributed by atoms with Crippen molar-refractivity contribution in [2.24, 2.45) is 0 Å². The molecule has 4 nitrogen and oxygen atoms in total. The van der Waals surface area contributed by atoms with Crippen molar-refractivity contribution in [3.8, 4) is 0 Å². The molecular formula is C13H24N2O2. The van der Waals surface area contributed by atoms with E-state index >= 15 is 0 Å². The molecule has 1 heterocycles. The average Bonchev–Trinajstić information content (AvgIpc) is 2.71. The molecule has 0 bridgehead atoms. The first kappa shape index (κ1) is 14.2. The summed E-state index contributed by atoms with van der Waals surface area (Å²) < 4.78 is 7.06. The summed E-state index contributed by atoms with van der Waals surface area (Å²) in [7, 11) is 1.62. The summed E-state index contributed by atoms with van der Waals surface area (Å²) in [5.41, 5.74) is 1.38. The standard InChI is InChI=1S/C13H24N2O2/c1-5-11-8-12(15(7-3)14-11)9-13(16,6-2)10-17-4/h8,16H,5-7,9-10H2,1-4H3. The zero-order valence-electron chi connectivity index (χ0n) is 11.4. The van der Waals surface area contributed by atoms with E-state index in [1.165, 1.54) is 0 Å². The predicted octanol–water partition coefficient (Wildman–Crippen LogP) is 1.80. The third-order valence-corrected chi connectivity index (χ3v) is 3.16. The quantitative estimate of drug-likeness (QED) is 0.790. The van der Waals surface area contributed by atoms with E-state index in [-0.39, 0.29) is 0 Å². The summed E-state index contributed by atoms with van der Waals surface area (Å²) in [6, 6.07) is 2.08. The molecule has 1 aromatic rings. The first-order chi connectivity index (χ1) is 8.08. The van der Waals surface area contributed by atoms with Gasteiger partial charge in [0, 0.05) is 25.8 Å². The number of methoxy groups -OCH3 is 1. The van der Waals surface area contributed by atoms with Crippen LogP contribution in [0.4, 0.5) is 0 Å². The lowest BCUT2D eigenvalue weighted by Crippen LogP contribution is -2.36. The van der Waals surface area contributed by atoms with Crippen molar-refractivity contribution in [3.63, 3.8) is 0 Å². The summed E-state index contributed by atoms with van der Waals surface area (Å²) in [6.45, 7) is 7.33. The van der Waals surface area contributed by atoms with Crippen LogP contribution in [-0.4, -0.2) is 34.2 Å². The van der Waals surface area contributed by atoms with Gasteiger partial charge in [0.25, 0.3) is 0 Å². The molecule has 0 aliphatic rings. The van der Waals surface area contributed by atoms with Crippen LogP contribution in [0.1, 0.15) is 38.6 Å². The van der Waals surface area contributed by atoms with Crippen molar-refractivity contribution in [1.82, 2.24) is 9.78 Å². The molecule has 0 saturated carbocycles. The minimum absolute atomic E-state index is 0.361. The molecule has 1 aromatic heterocycles. The van der Waals surface area contributed by atoms with Crippen molar-refractivity contribution in [2.75, 3.05) is 13.7 Å². The molecule has 0 amide bonds. The Bertz CT molecular complexity index is 349. The summed E-state index contributed by atoms with van der Waals surface area (Å²) in [4.78, 5) is 0. The molecule has 1 N–H and O–H groups in total. The summed E-state index contributed by atoms with van der Waals surface area (Å²) in [5, 5.41) is 14.9. The van der Waals surface area contributed by atoms with Gasteiger partial charge in [-0.1, -0.05) is 13.8 Å². The number of hydrogen-bond donors (Lipinski definition) is 1. The van der Waals surface area contributed by atoms with Crippen molar-refractivity contribution in [2.45, 2.75) is 52.2 Å². The van der Waals surface area contributed by atoms with Crippen LogP contribution in [0.2, 0.25) is 0 Å². The molecule has 0 saturated heterocycles. The van der Waals surface area contributed by atoms with Gasteiger partial charge < -0.3 is 9.84 Å². The van der Waals surface area contributed by atoms with E-state index in [1.54, 1.807) is 7.11 Å². The molecule has 0 radical (unpaired) electrons. The van der Waals surface area contributed by atoms with Crippen LogP contribution < -0.4 is 0 Å². The van der Waals surface area contributed by atoms with E-state index in [2.05, 4.69) is 25.0 Å². The third kappa shape index (κ3) is 3.54. The molecule has 98 valence electrons. The van der Waals surface area contributed by atoms with Crippen LogP contribution in [0.15, 0.2) is 6.07 Å². The maximum Gasteiger partial charge on any atom is 0.0932 e. The van der Waals surface area contributed by atoms with E-state index in [4.69, 9.17) is 4.74 Å². The number of hydrogen-bond acceptors (Lipinski definition) is 3.